The number of fused-ring (bicyclic) bond motifs is 4. The number of nitrogens with zero attached hydrogens (tertiary/aromatic N) is 1. The van der Waals surface area contributed by atoms with Crippen LogP contribution in [0.4, 0.5) is 0 Å². The van der Waals surface area contributed by atoms with E-state index >= 15 is 0 Å². The molecular weight excluding hydrogens is 280 g/mol. The van der Waals surface area contributed by atoms with Crippen LogP contribution in [0.3, 0.4) is 0 Å². The standard InChI is InChI=1S/C21H28N2/c1-10-12(3)22-17-14(10)19(5,6)21(9)16(17)18-15(20(21,7)8)11(2)13(4)23-18/h22H,1-9H3. The van der Waals surface area contributed by atoms with Crippen molar-refractivity contribution >= 4 is 11.3 Å². The normalized spacial score (nSPS) is 29.9. The Labute approximate surface area is 139 Å². The third-order valence-corrected chi connectivity index (χ3v) is 7.67. The van der Waals surface area contributed by atoms with E-state index in [0.29, 0.717) is 0 Å². The van der Waals surface area contributed by atoms with Crippen LogP contribution in [0.15, 0.2) is 21.8 Å². The number of aliphatic imine (C=N–C) groups is 1. The number of nitrogens with one attached hydrogen (secondary N) is 1. The van der Waals surface area contributed by atoms with Crippen molar-refractivity contribution in [1.29, 1.82) is 0 Å². The number of aryl methyl sites for hydroxylation is 1. The average Bonchev–Trinajstić information content (AvgIpc) is 2.99. The lowest BCUT2D eigenvalue weighted by Crippen LogP contribution is -2.45. The fourth-order valence-corrected chi connectivity index (χ4v) is 5.81. The smallest absolute Gasteiger partial charge is 0.0733 e. The molecule has 0 bridgehead atoms. The Balaban J connectivity index is 2.20. The SMILES string of the molecule is CC1=NC2=C3c4[nH]c(C)c(C)c4C(C)(C)C3(C)C(C)(C)C2=C1C. The molecule has 2 heterocycles. The average molecular weight is 308 g/mol. The first-order chi connectivity index (χ1) is 10.5. The summed E-state index contributed by atoms with van der Waals surface area (Å²) in [5.41, 5.74) is 12.5. The monoisotopic (exact) mass is 308 g/mol. The Kier molecular flexibility index (Phi) is 2.44. The summed E-state index contributed by atoms with van der Waals surface area (Å²) < 4.78 is 0. The molecule has 23 heavy (non-hydrogen) atoms. The van der Waals surface area contributed by atoms with Crippen molar-refractivity contribution in [3.63, 3.8) is 0 Å². The molecule has 0 amide bonds. The predicted octanol–water partition coefficient (Wildman–Crippen LogP) is 5.47. The summed E-state index contributed by atoms with van der Waals surface area (Å²) in [7, 11) is 0. The van der Waals surface area contributed by atoms with Gasteiger partial charge in [-0.1, -0.05) is 34.6 Å². The first kappa shape index (κ1) is 15.0. The van der Waals surface area contributed by atoms with E-state index in [1.54, 1.807) is 0 Å². The highest BCUT2D eigenvalue weighted by atomic mass is 14.9. The molecule has 4 rings (SSSR count). The Morgan fingerprint density at radius 2 is 1.43 bits per heavy atom. The van der Waals surface area contributed by atoms with E-state index in [9.17, 15) is 0 Å². The summed E-state index contributed by atoms with van der Waals surface area (Å²) in [6.07, 6.45) is 0. The molecule has 1 aromatic rings. The maximum absolute atomic E-state index is 5.02. The lowest BCUT2D eigenvalue weighted by molar-refractivity contribution is 0.128. The summed E-state index contributed by atoms with van der Waals surface area (Å²) in [6.45, 7) is 21.0. The molecule has 1 atom stereocenters. The zero-order valence-corrected chi connectivity index (χ0v) is 15.9. The van der Waals surface area contributed by atoms with Crippen LogP contribution in [0.2, 0.25) is 0 Å². The largest absolute Gasteiger partial charge is 0.358 e. The molecule has 1 unspecified atom stereocenters. The summed E-state index contributed by atoms with van der Waals surface area (Å²) in [5, 5.41) is 0. The van der Waals surface area contributed by atoms with Crippen LogP contribution >= 0.6 is 0 Å². The van der Waals surface area contributed by atoms with Gasteiger partial charge in [0.1, 0.15) is 0 Å². The topological polar surface area (TPSA) is 28.1 Å². The number of allylic oxidation sites excluding steroid dienone is 3. The van der Waals surface area contributed by atoms with E-state index < -0.39 is 0 Å². The van der Waals surface area contributed by atoms with E-state index in [-0.39, 0.29) is 16.2 Å². The Bertz CT molecular complexity index is 868. The molecule has 0 saturated carbocycles. The van der Waals surface area contributed by atoms with E-state index in [1.165, 1.54) is 50.6 Å². The molecule has 0 spiro atoms. The first-order valence-electron chi connectivity index (χ1n) is 8.70. The van der Waals surface area contributed by atoms with Gasteiger partial charge in [0.15, 0.2) is 0 Å². The lowest BCUT2D eigenvalue weighted by Gasteiger charge is -2.48. The van der Waals surface area contributed by atoms with Gasteiger partial charge in [0.2, 0.25) is 0 Å². The van der Waals surface area contributed by atoms with Crippen LogP contribution in [0.25, 0.3) is 5.57 Å². The second-order valence-corrected chi connectivity index (χ2v) is 8.92. The van der Waals surface area contributed by atoms with Gasteiger partial charge in [-0.2, -0.15) is 0 Å². The van der Waals surface area contributed by atoms with Gasteiger partial charge in [0.25, 0.3) is 0 Å². The maximum atomic E-state index is 5.02. The van der Waals surface area contributed by atoms with Crippen molar-refractivity contribution in [3.8, 4) is 0 Å². The Morgan fingerprint density at radius 1 is 0.826 bits per heavy atom. The minimum atomic E-state index is 0.0652. The zero-order chi connectivity index (χ0) is 17.1. The molecule has 122 valence electrons. The second kappa shape index (κ2) is 3.74. The van der Waals surface area contributed by atoms with E-state index in [4.69, 9.17) is 4.99 Å². The van der Waals surface area contributed by atoms with Crippen LogP contribution in [0.5, 0.6) is 0 Å². The van der Waals surface area contributed by atoms with Crippen LogP contribution in [0, 0.1) is 24.7 Å². The van der Waals surface area contributed by atoms with Gasteiger partial charge >= 0.3 is 0 Å². The van der Waals surface area contributed by atoms with Gasteiger partial charge in [-0.25, -0.2) is 0 Å². The van der Waals surface area contributed by atoms with Gasteiger partial charge in [-0.05, 0) is 50.0 Å². The number of hydrogen-bond acceptors (Lipinski definition) is 1. The van der Waals surface area contributed by atoms with Gasteiger partial charge in [0.05, 0.1) is 5.70 Å². The highest BCUT2D eigenvalue weighted by Crippen LogP contribution is 2.74. The fourth-order valence-electron chi connectivity index (χ4n) is 5.81. The highest BCUT2D eigenvalue weighted by molar-refractivity contribution is 6.07. The fraction of sp³-hybridized carbons (Fsp3) is 0.571. The number of H-pyrrole nitrogens is 1. The summed E-state index contributed by atoms with van der Waals surface area (Å²) in [4.78, 5) is 8.73. The van der Waals surface area contributed by atoms with Crippen LogP contribution in [-0.4, -0.2) is 10.7 Å². The molecule has 2 nitrogen and oxygen atoms in total. The van der Waals surface area contributed by atoms with Crippen molar-refractivity contribution in [2.75, 3.05) is 0 Å². The molecule has 2 heteroatoms. The van der Waals surface area contributed by atoms with E-state index in [0.717, 1.165) is 0 Å². The van der Waals surface area contributed by atoms with E-state index in [1.807, 2.05) is 0 Å². The summed E-state index contributed by atoms with van der Waals surface area (Å²) in [5.74, 6) is 0. The van der Waals surface area contributed by atoms with Gasteiger partial charge in [-0.15, -0.1) is 0 Å². The molecule has 0 fully saturated rings. The molecule has 2 aliphatic carbocycles. The zero-order valence-electron chi connectivity index (χ0n) is 15.9. The molecule has 1 aromatic heterocycles. The molecule has 1 N–H and O–H groups in total. The quantitative estimate of drug-likeness (QED) is 0.658. The van der Waals surface area contributed by atoms with Crippen LogP contribution in [-0.2, 0) is 5.41 Å². The van der Waals surface area contributed by atoms with Crippen molar-refractivity contribution < 1.29 is 0 Å². The van der Waals surface area contributed by atoms with Crippen molar-refractivity contribution in [2.45, 2.75) is 67.7 Å². The number of aromatic amines is 1. The number of aromatic nitrogens is 1. The third-order valence-electron chi connectivity index (χ3n) is 7.67. The Morgan fingerprint density at radius 3 is 2.04 bits per heavy atom. The maximum Gasteiger partial charge on any atom is 0.0733 e. The molecule has 3 aliphatic rings. The van der Waals surface area contributed by atoms with Crippen molar-refractivity contribution in [2.24, 2.45) is 15.8 Å². The number of hydrogen-bond donors (Lipinski definition) is 1. The van der Waals surface area contributed by atoms with Gasteiger partial charge in [0, 0.05) is 38.9 Å². The predicted molar refractivity (Wildman–Crippen MR) is 97.9 cm³/mol. The minimum Gasteiger partial charge on any atom is -0.358 e. The molecule has 0 aromatic carbocycles. The minimum absolute atomic E-state index is 0.0652. The van der Waals surface area contributed by atoms with Gasteiger partial charge in [-0.3, -0.25) is 4.99 Å². The lowest BCUT2D eigenvalue weighted by atomic mass is 9.53. The van der Waals surface area contributed by atoms with Gasteiger partial charge < -0.3 is 4.98 Å². The summed E-state index contributed by atoms with van der Waals surface area (Å²) >= 11 is 0. The summed E-state index contributed by atoms with van der Waals surface area (Å²) in [6, 6.07) is 0. The Hall–Kier alpha value is -1.57. The molecular formula is C21H28N2. The third kappa shape index (κ3) is 1.25. The first-order valence-corrected chi connectivity index (χ1v) is 8.70. The molecule has 0 saturated heterocycles. The highest BCUT2D eigenvalue weighted by Gasteiger charge is 2.67. The van der Waals surface area contributed by atoms with Crippen LogP contribution in [0.1, 0.15) is 71.0 Å². The van der Waals surface area contributed by atoms with Crippen LogP contribution < -0.4 is 0 Å². The van der Waals surface area contributed by atoms with E-state index in [2.05, 4.69) is 67.3 Å². The van der Waals surface area contributed by atoms with Crippen molar-refractivity contribution in [3.05, 3.63) is 39.4 Å². The molecule has 1 aliphatic heterocycles. The van der Waals surface area contributed by atoms with Crippen molar-refractivity contribution in [1.82, 2.24) is 4.98 Å². The number of rotatable bonds is 0. The molecule has 0 radical (unpaired) electrons. The second-order valence-electron chi connectivity index (χ2n) is 8.92.